The van der Waals surface area contributed by atoms with Gasteiger partial charge < -0.3 is 10.2 Å². The summed E-state index contributed by atoms with van der Waals surface area (Å²) < 4.78 is 0. The summed E-state index contributed by atoms with van der Waals surface area (Å²) in [5.74, 6) is 0. The predicted molar refractivity (Wildman–Crippen MR) is 124 cm³/mol. The maximum Gasteiger partial charge on any atom is 0.318 e. The lowest BCUT2D eigenvalue weighted by Crippen LogP contribution is -2.46. The van der Waals surface area contributed by atoms with Gasteiger partial charge in [0.15, 0.2) is 0 Å². The van der Waals surface area contributed by atoms with E-state index in [-0.39, 0.29) is 6.03 Å². The van der Waals surface area contributed by atoms with Crippen molar-refractivity contribution in [2.45, 2.75) is 38.5 Å². The van der Waals surface area contributed by atoms with E-state index in [1.165, 1.54) is 40.7 Å². The highest BCUT2D eigenvalue weighted by Crippen LogP contribution is 2.38. The third-order valence-corrected chi connectivity index (χ3v) is 7.02. The van der Waals surface area contributed by atoms with E-state index < -0.39 is 0 Å². The number of urea groups is 1. The minimum absolute atomic E-state index is 0.0579. The Balaban J connectivity index is 1.38. The molecule has 0 saturated carbocycles. The van der Waals surface area contributed by atoms with Crippen LogP contribution in [0.5, 0.6) is 0 Å². The van der Waals surface area contributed by atoms with Crippen molar-refractivity contribution in [3.63, 3.8) is 0 Å². The van der Waals surface area contributed by atoms with Crippen LogP contribution in [0.1, 0.15) is 48.1 Å². The monoisotopic (exact) mass is 436 g/mol. The molecule has 0 radical (unpaired) electrons. The lowest BCUT2D eigenvalue weighted by Gasteiger charge is -2.31. The minimum atomic E-state index is 0.0579. The molecule has 2 aliphatic heterocycles. The second kappa shape index (κ2) is 9.01. The van der Waals surface area contributed by atoms with Gasteiger partial charge in [-0.1, -0.05) is 29.3 Å². The molecule has 0 spiro atoms. The van der Waals surface area contributed by atoms with Crippen molar-refractivity contribution in [3.05, 3.63) is 69.5 Å². The summed E-state index contributed by atoms with van der Waals surface area (Å²) in [5.41, 5.74) is 7.60. The van der Waals surface area contributed by atoms with Crippen LogP contribution in [0, 0.1) is 0 Å². The Morgan fingerprint density at radius 1 is 1.00 bits per heavy atom. The van der Waals surface area contributed by atoms with E-state index in [2.05, 4.69) is 28.4 Å². The first-order valence-electron chi connectivity index (χ1n) is 11.4. The number of hydrogen-bond donors (Lipinski definition) is 1. The summed E-state index contributed by atoms with van der Waals surface area (Å²) >= 11 is 6.32. The number of benzene rings is 1. The number of halogens is 1. The van der Waals surface area contributed by atoms with Crippen LogP contribution < -0.4 is 5.32 Å². The fraction of sp³-hybridized carbons (Fsp3) is 0.440. The molecule has 1 N–H and O–H groups in total. The SMILES string of the molecule is O=C(NCN1CCCC1)N1CCC(=C2c3ccc(Cl)cc3CCc3cccnc32)CC1. The Labute approximate surface area is 189 Å². The van der Waals surface area contributed by atoms with E-state index in [9.17, 15) is 4.79 Å². The summed E-state index contributed by atoms with van der Waals surface area (Å²) in [6.45, 7) is 4.33. The largest absolute Gasteiger partial charge is 0.325 e. The molecule has 162 valence electrons. The van der Waals surface area contributed by atoms with Crippen molar-refractivity contribution in [2.75, 3.05) is 32.8 Å². The first-order chi connectivity index (χ1) is 15.2. The molecule has 1 aromatic carbocycles. The number of amides is 2. The van der Waals surface area contributed by atoms with Gasteiger partial charge in [0.25, 0.3) is 0 Å². The number of carbonyl (C=O) groups is 1. The van der Waals surface area contributed by atoms with E-state index in [0.717, 1.165) is 62.6 Å². The Kier molecular flexibility index (Phi) is 5.97. The van der Waals surface area contributed by atoms with Crippen molar-refractivity contribution in [1.29, 1.82) is 0 Å². The van der Waals surface area contributed by atoms with Crippen LogP contribution in [0.2, 0.25) is 5.02 Å². The van der Waals surface area contributed by atoms with Gasteiger partial charge in [-0.05, 0) is 86.5 Å². The quantitative estimate of drug-likeness (QED) is 0.754. The van der Waals surface area contributed by atoms with Crippen LogP contribution in [0.3, 0.4) is 0 Å². The van der Waals surface area contributed by atoms with E-state index in [4.69, 9.17) is 16.6 Å². The van der Waals surface area contributed by atoms with Crippen molar-refractivity contribution in [3.8, 4) is 0 Å². The Hall–Kier alpha value is -2.37. The third kappa shape index (κ3) is 4.35. The molecule has 0 atom stereocenters. The molecule has 6 heteroatoms. The number of nitrogens with zero attached hydrogens (tertiary/aromatic N) is 3. The molecule has 3 heterocycles. The number of likely N-dealkylation sites (tertiary alicyclic amines) is 2. The van der Waals surface area contributed by atoms with Crippen LogP contribution in [-0.2, 0) is 12.8 Å². The zero-order valence-corrected chi connectivity index (χ0v) is 18.6. The van der Waals surface area contributed by atoms with Gasteiger partial charge in [-0.2, -0.15) is 0 Å². The van der Waals surface area contributed by atoms with Crippen molar-refractivity contribution >= 4 is 23.2 Å². The first kappa shape index (κ1) is 20.5. The second-order valence-corrected chi connectivity index (χ2v) is 9.18. The molecule has 0 bridgehead atoms. The van der Waals surface area contributed by atoms with Crippen LogP contribution in [0.25, 0.3) is 5.57 Å². The summed E-state index contributed by atoms with van der Waals surface area (Å²) in [4.78, 5) is 21.7. The van der Waals surface area contributed by atoms with E-state index in [1.807, 2.05) is 23.2 Å². The Morgan fingerprint density at radius 3 is 2.58 bits per heavy atom. The van der Waals surface area contributed by atoms with Gasteiger partial charge >= 0.3 is 6.03 Å². The molecule has 2 fully saturated rings. The topological polar surface area (TPSA) is 48.5 Å². The number of piperidine rings is 1. The van der Waals surface area contributed by atoms with Gasteiger partial charge in [0.2, 0.25) is 0 Å². The Morgan fingerprint density at radius 2 is 1.77 bits per heavy atom. The summed E-state index contributed by atoms with van der Waals surface area (Å²) in [6.07, 6.45) is 8.06. The van der Waals surface area contributed by atoms with Crippen LogP contribution in [0.4, 0.5) is 4.79 Å². The second-order valence-electron chi connectivity index (χ2n) is 8.74. The zero-order chi connectivity index (χ0) is 21.2. The molecule has 2 saturated heterocycles. The summed E-state index contributed by atoms with van der Waals surface area (Å²) in [6, 6.07) is 10.5. The molecule has 5 rings (SSSR count). The number of hydrogen-bond acceptors (Lipinski definition) is 3. The van der Waals surface area contributed by atoms with E-state index in [0.29, 0.717) is 6.67 Å². The van der Waals surface area contributed by atoms with Crippen LogP contribution in [-0.4, -0.2) is 53.7 Å². The fourth-order valence-electron chi connectivity index (χ4n) is 5.09. The number of fused-ring (bicyclic) bond motifs is 2. The summed E-state index contributed by atoms with van der Waals surface area (Å²) in [7, 11) is 0. The molecule has 3 aliphatic rings. The standard InChI is InChI=1S/C25H29ClN4O/c26-21-7-8-22-20(16-21)6-5-19-4-3-11-27-24(19)23(22)18-9-14-30(15-10-18)25(31)28-17-29-12-1-2-13-29/h3-4,7-8,11,16H,1-2,5-6,9-10,12-15,17H2,(H,28,31). The molecule has 1 aromatic heterocycles. The normalized spacial score (nSPS) is 19.1. The van der Waals surface area contributed by atoms with Gasteiger partial charge in [0.1, 0.15) is 0 Å². The van der Waals surface area contributed by atoms with Crippen LogP contribution >= 0.6 is 11.6 Å². The average Bonchev–Trinajstić information content (AvgIpc) is 3.26. The smallest absolute Gasteiger partial charge is 0.318 e. The highest BCUT2D eigenvalue weighted by atomic mass is 35.5. The number of nitrogens with one attached hydrogen (secondary N) is 1. The fourth-order valence-corrected chi connectivity index (χ4v) is 5.29. The Bertz CT molecular complexity index is 1000. The lowest BCUT2D eigenvalue weighted by atomic mass is 9.88. The van der Waals surface area contributed by atoms with Crippen molar-refractivity contribution < 1.29 is 4.79 Å². The van der Waals surface area contributed by atoms with Gasteiger partial charge in [0, 0.05) is 29.9 Å². The van der Waals surface area contributed by atoms with Crippen molar-refractivity contribution in [2.24, 2.45) is 0 Å². The van der Waals surface area contributed by atoms with E-state index in [1.54, 1.807) is 0 Å². The zero-order valence-electron chi connectivity index (χ0n) is 17.9. The number of aromatic nitrogens is 1. The maximum atomic E-state index is 12.7. The molecule has 2 amide bonds. The minimum Gasteiger partial charge on any atom is -0.325 e. The predicted octanol–water partition coefficient (Wildman–Crippen LogP) is 4.49. The number of pyridine rings is 1. The number of rotatable bonds is 2. The highest BCUT2D eigenvalue weighted by Gasteiger charge is 2.26. The molecular formula is C25H29ClN4O. The van der Waals surface area contributed by atoms with Crippen LogP contribution in [0.15, 0.2) is 42.1 Å². The molecule has 5 nitrogen and oxygen atoms in total. The van der Waals surface area contributed by atoms with Gasteiger partial charge in [-0.25, -0.2) is 4.79 Å². The van der Waals surface area contributed by atoms with Crippen molar-refractivity contribution in [1.82, 2.24) is 20.1 Å². The molecule has 2 aromatic rings. The maximum absolute atomic E-state index is 12.7. The van der Waals surface area contributed by atoms with Gasteiger partial charge in [0.05, 0.1) is 12.4 Å². The third-order valence-electron chi connectivity index (χ3n) is 6.79. The lowest BCUT2D eigenvalue weighted by molar-refractivity contribution is 0.185. The number of aryl methyl sites for hydroxylation is 2. The van der Waals surface area contributed by atoms with Gasteiger partial charge in [-0.15, -0.1) is 0 Å². The summed E-state index contributed by atoms with van der Waals surface area (Å²) in [5, 5.41) is 3.89. The molecular weight excluding hydrogens is 408 g/mol. The molecule has 1 aliphatic carbocycles. The number of carbonyl (C=O) groups excluding carboxylic acids is 1. The average molecular weight is 437 g/mol. The first-order valence-corrected chi connectivity index (χ1v) is 11.8. The molecule has 31 heavy (non-hydrogen) atoms. The van der Waals surface area contributed by atoms with Gasteiger partial charge in [-0.3, -0.25) is 9.88 Å². The van der Waals surface area contributed by atoms with E-state index >= 15 is 0 Å². The molecule has 0 unspecified atom stereocenters. The highest BCUT2D eigenvalue weighted by molar-refractivity contribution is 6.30.